The standard InChI is InChI=1S/C13H17F/c1-8-6-7-9(14)11-10(8)12(2,3)13(11,4)5/h6-7H,1-5H3. The predicted molar refractivity (Wildman–Crippen MR) is 57.2 cm³/mol. The maximum Gasteiger partial charge on any atom is 0.127 e. The predicted octanol–water partition coefficient (Wildman–Crippen LogP) is 3.70. The minimum Gasteiger partial charge on any atom is -0.207 e. The molecule has 76 valence electrons. The molecule has 0 spiro atoms. The van der Waals surface area contributed by atoms with Crippen LogP contribution in [0, 0.1) is 12.7 Å². The van der Waals surface area contributed by atoms with Crippen molar-refractivity contribution in [1.29, 1.82) is 0 Å². The van der Waals surface area contributed by atoms with Gasteiger partial charge in [0.2, 0.25) is 0 Å². The van der Waals surface area contributed by atoms with Crippen molar-refractivity contribution in [2.45, 2.75) is 45.4 Å². The minimum absolute atomic E-state index is 0.0432. The Morgan fingerprint density at radius 2 is 1.43 bits per heavy atom. The Labute approximate surface area is 85.1 Å². The van der Waals surface area contributed by atoms with Crippen LogP contribution in [0.3, 0.4) is 0 Å². The van der Waals surface area contributed by atoms with Gasteiger partial charge in [-0.15, -0.1) is 0 Å². The van der Waals surface area contributed by atoms with Gasteiger partial charge in [-0.2, -0.15) is 0 Å². The zero-order chi connectivity index (χ0) is 10.7. The summed E-state index contributed by atoms with van der Waals surface area (Å²) in [5.41, 5.74) is 3.39. The van der Waals surface area contributed by atoms with Crippen LogP contribution in [-0.2, 0) is 10.8 Å². The molecule has 1 aromatic rings. The fraction of sp³-hybridized carbons (Fsp3) is 0.538. The molecule has 0 unspecified atom stereocenters. The van der Waals surface area contributed by atoms with Gasteiger partial charge in [0.15, 0.2) is 0 Å². The summed E-state index contributed by atoms with van der Waals surface area (Å²) in [4.78, 5) is 0. The first-order valence-electron chi connectivity index (χ1n) is 5.10. The number of fused-ring (bicyclic) bond motifs is 1. The summed E-state index contributed by atoms with van der Waals surface area (Å²) >= 11 is 0. The molecule has 0 N–H and O–H groups in total. The fourth-order valence-corrected chi connectivity index (χ4v) is 2.66. The highest BCUT2D eigenvalue weighted by molar-refractivity contribution is 5.56. The lowest BCUT2D eigenvalue weighted by Crippen LogP contribution is -2.52. The maximum atomic E-state index is 13.6. The first-order valence-corrected chi connectivity index (χ1v) is 5.10. The van der Waals surface area contributed by atoms with Crippen LogP contribution < -0.4 is 0 Å². The molecule has 0 atom stereocenters. The van der Waals surface area contributed by atoms with E-state index in [1.165, 1.54) is 11.1 Å². The lowest BCUT2D eigenvalue weighted by Gasteiger charge is -2.55. The molecule has 0 bridgehead atoms. The van der Waals surface area contributed by atoms with E-state index < -0.39 is 0 Å². The molecule has 0 heterocycles. The monoisotopic (exact) mass is 192 g/mol. The van der Waals surface area contributed by atoms with E-state index in [0.717, 1.165) is 5.56 Å². The molecule has 0 aromatic heterocycles. The van der Waals surface area contributed by atoms with Crippen molar-refractivity contribution in [2.75, 3.05) is 0 Å². The second-order valence-corrected chi connectivity index (χ2v) is 5.36. The number of halogens is 1. The van der Waals surface area contributed by atoms with Gasteiger partial charge in [0.25, 0.3) is 0 Å². The molecule has 1 heteroatoms. The number of hydrogen-bond donors (Lipinski definition) is 0. The molecule has 0 amide bonds. The van der Waals surface area contributed by atoms with Gasteiger partial charge >= 0.3 is 0 Å². The van der Waals surface area contributed by atoms with Crippen molar-refractivity contribution in [3.8, 4) is 0 Å². The largest absolute Gasteiger partial charge is 0.207 e. The second kappa shape index (κ2) is 2.39. The topological polar surface area (TPSA) is 0 Å². The van der Waals surface area contributed by atoms with Gasteiger partial charge in [-0.3, -0.25) is 0 Å². The third-order valence-corrected chi connectivity index (χ3v) is 4.18. The smallest absolute Gasteiger partial charge is 0.127 e. The number of benzene rings is 1. The van der Waals surface area contributed by atoms with E-state index in [2.05, 4.69) is 34.6 Å². The number of rotatable bonds is 0. The van der Waals surface area contributed by atoms with Crippen LogP contribution in [0.1, 0.15) is 44.4 Å². The van der Waals surface area contributed by atoms with Gasteiger partial charge < -0.3 is 0 Å². The third-order valence-electron chi connectivity index (χ3n) is 4.18. The molecule has 0 saturated carbocycles. The maximum absolute atomic E-state index is 13.6. The van der Waals surface area contributed by atoms with Gasteiger partial charge in [0, 0.05) is 5.41 Å². The van der Waals surface area contributed by atoms with E-state index in [4.69, 9.17) is 0 Å². The minimum atomic E-state index is -0.0464. The highest BCUT2D eigenvalue weighted by atomic mass is 19.1. The fourth-order valence-electron chi connectivity index (χ4n) is 2.66. The van der Waals surface area contributed by atoms with Crippen molar-refractivity contribution >= 4 is 0 Å². The number of hydrogen-bond acceptors (Lipinski definition) is 0. The quantitative estimate of drug-likeness (QED) is 0.588. The van der Waals surface area contributed by atoms with Crippen LogP contribution in [0.5, 0.6) is 0 Å². The highest BCUT2D eigenvalue weighted by Gasteiger charge is 2.53. The van der Waals surface area contributed by atoms with Crippen LogP contribution in [0.2, 0.25) is 0 Å². The molecule has 1 aromatic carbocycles. The van der Waals surface area contributed by atoms with Crippen LogP contribution >= 0.6 is 0 Å². The number of aryl methyl sites for hydroxylation is 1. The summed E-state index contributed by atoms with van der Waals surface area (Å²) in [6.45, 7) is 10.7. The zero-order valence-corrected chi connectivity index (χ0v) is 9.53. The lowest BCUT2D eigenvalue weighted by molar-refractivity contribution is 0.228. The Balaban J connectivity index is 2.77. The molecule has 14 heavy (non-hydrogen) atoms. The van der Waals surface area contributed by atoms with E-state index in [9.17, 15) is 4.39 Å². The summed E-state index contributed by atoms with van der Waals surface area (Å²) in [5.74, 6) is -0.0464. The Morgan fingerprint density at radius 1 is 0.929 bits per heavy atom. The molecular formula is C13H17F. The molecular weight excluding hydrogens is 175 g/mol. The summed E-state index contributed by atoms with van der Waals surface area (Å²) in [7, 11) is 0. The Morgan fingerprint density at radius 3 is 1.93 bits per heavy atom. The second-order valence-electron chi connectivity index (χ2n) is 5.36. The van der Waals surface area contributed by atoms with Crippen molar-refractivity contribution in [3.05, 3.63) is 34.6 Å². The molecule has 1 aliphatic rings. The van der Waals surface area contributed by atoms with E-state index in [1.807, 2.05) is 6.07 Å². The lowest BCUT2D eigenvalue weighted by atomic mass is 9.48. The molecule has 0 radical (unpaired) electrons. The van der Waals surface area contributed by atoms with E-state index in [1.54, 1.807) is 6.07 Å². The normalized spacial score (nSPS) is 21.3. The Hall–Kier alpha value is -0.850. The summed E-state index contributed by atoms with van der Waals surface area (Å²) in [6.07, 6.45) is 0. The Bertz CT molecular complexity index is 361. The third kappa shape index (κ3) is 0.832. The van der Waals surface area contributed by atoms with Gasteiger partial charge in [-0.05, 0) is 35.1 Å². The average Bonchev–Trinajstić information content (AvgIpc) is 2.07. The summed E-state index contributed by atoms with van der Waals surface area (Å²) in [6, 6.07) is 3.47. The molecule has 0 fully saturated rings. The average molecular weight is 192 g/mol. The van der Waals surface area contributed by atoms with Crippen molar-refractivity contribution in [3.63, 3.8) is 0 Å². The van der Waals surface area contributed by atoms with Crippen LogP contribution in [0.25, 0.3) is 0 Å². The molecule has 1 aliphatic carbocycles. The molecule has 0 saturated heterocycles. The van der Waals surface area contributed by atoms with Crippen LogP contribution in [0.15, 0.2) is 12.1 Å². The SMILES string of the molecule is Cc1ccc(F)c2c1C(C)(C)C2(C)C. The van der Waals surface area contributed by atoms with Gasteiger partial charge in [-0.25, -0.2) is 4.39 Å². The van der Waals surface area contributed by atoms with Gasteiger partial charge in [0.05, 0.1) is 0 Å². The van der Waals surface area contributed by atoms with Gasteiger partial charge in [-0.1, -0.05) is 33.8 Å². The van der Waals surface area contributed by atoms with E-state index in [-0.39, 0.29) is 16.6 Å². The van der Waals surface area contributed by atoms with E-state index in [0.29, 0.717) is 0 Å². The van der Waals surface area contributed by atoms with Crippen molar-refractivity contribution < 1.29 is 4.39 Å². The zero-order valence-electron chi connectivity index (χ0n) is 9.53. The Kier molecular flexibility index (Phi) is 1.65. The first-order chi connectivity index (χ1) is 6.30. The first kappa shape index (κ1) is 9.70. The highest BCUT2D eigenvalue weighted by Crippen LogP contribution is 2.57. The van der Waals surface area contributed by atoms with Crippen LogP contribution in [0.4, 0.5) is 4.39 Å². The molecule has 0 nitrogen and oxygen atoms in total. The molecule has 0 aliphatic heterocycles. The summed E-state index contributed by atoms with van der Waals surface area (Å²) < 4.78 is 13.6. The van der Waals surface area contributed by atoms with E-state index >= 15 is 0 Å². The van der Waals surface area contributed by atoms with Crippen molar-refractivity contribution in [2.24, 2.45) is 0 Å². The van der Waals surface area contributed by atoms with Crippen LogP contribution in [-0.4, -0.2) is 0 Å². The summed E-state index contributed by atoms with van der Waals surface area (Å²) in [5, 5.41) is 0. The van der Waals surface area contributed by atoms with Gasteiger partial charge in [0.1, 0.15) is 5.82 Å². The van der Waals surface area contributed by atoms with Crippen molar-refractivity contribution in [1.82, 2.24) is 0 Å². The molecule has 2 rings (SSSR count).